The molecule has 1 saturated carbocycles. The highest BCUT2D eigenvalue weighted by Crippen LogP contribution is 2.42. The van der Waals surface area contributed by atoms with E-state index in [1.165, 1.54) is 0 Å². The van der Waals surface area contributed by atoms with Gasteiger partial charge < -0.3 is 15.2 Å². The van der Waals surface area contributed by atoms with Gasteiger partial charge in [0, 0.05) is 6.04 Å². The summed E-state index contributed by atoms with van der Waals surface area (Å²) in [5.41, 5.74) is 0.380. The fraction of sp³-hybridized carbons (Fsp3) is 0.529. The summed E-state index contributed by atoms with van der Waals surface area (Å²) in [6.07, 6.45) is 3.49. The molecule has 5 nitrogen and oxygen atoms in total. The molecular formula is C17H23NO4. The summed E-state index contributed by atoms with van der Waals surface area (Å²) in [5, 5.41) is 11.7. The van der Waals surface area contributed by atoms with Crippen LogP contribution in [0.25, 0.3) is 0 Å². The Bertz CT molecular complexity index is 549. The summed E-state index contributed by atoms with van der Waals surface area (Å²) in [7, 11) is 1.61. The first-order valence-electron chi connectivity index (χ1n) is 7.65. The molecule has 1 unspecified atom stereocenters. The smallest absolute Gasteiger partial charge is 0.305 e. The van der Waals surface area contributed by atoms with Gasteiger partial charge in [0.2, 0.25) is 5.91 Å². The first-order valence-corrected chi connectivity index (χ1v) is 7.65. The number of ether oxygens (including phenoxy) is 1. The SMILES string of the molecule is COc1cccc(C2(C(=O)NC(C)CC(=O)O)CCCC2)c1. The van der Waals surface area contributed by atoms with Crippen LogP contribution in [0.1, 0.15) is 44.6 Å². The lowest BCUT2D eigenvalue weighted by Gasteiger charge is -2.30. The Hall–Kier alpha value is -2.04. The standard InChI is InChI=1S/C17H23NO4/c1-12(10-15(19)20)18-16(21)17(8-3-4-9-17)13-6-5-7-14(11-13)22-2/h5-7,11-12H,3-4,8-10H2,1-2H3,(H,18,21)(H,19,20). The molecule has 0 saturated heterocycles. The van der Waals surface area contributed by atoms with Crippen molar-refractivity contribution in [3.8, 4) is 5.75 Å². The zero-order valence-corrected chi connectivity index (χ0v) is 13.1. The Morgan fingerprint density at radius 3 is 2.64 bits per heavy atom. The number of carbonyl (C=O) groups excluding carboxylic acids is 1. The molecule has 5 heteroatoms. The Labute approximate surface area is 130 Å². The van der Waals surface area contributed by atoms with Crippen LogP contribution in [0.4, 0.5) is 0 Å². The van der Waals surface area contributed by atoms with E-state index >= 15 is 0 Å². The minimum Gasteiger partial charge on any atom is -0.497 e. The molecule has 1 atom stereocenters. The van der Waals surface area contributed by atoms with Crippen LogP contribution in [0.3, 0.4) is 0 Å². The van der Waals surface area contributed by atoms with Crippen molar-refractivity contribution in [1.82, 2.24) is 5.32 Å². The van der Waals surface area contributed by atoms with Crippen LogP contribution in [-0.4, -0.2) is 30.1 Å². The first-order chi connectivity index (χ1) is 10.5. The van der Waals surface area contributed by atoms with Crippen LogP contribution in [0, 0.1) is 0 Å². The van der Waals surface area contributed by atoms with Crippen LogP contribution in [0.15, 0.2) is 24.3 Å². The predicted molar refractivity (Wildman–Crippen MR) is 83.0 cm³/mol. The second-order valence-electron chi connectivity index (χ2n) is 5.99. The number of rotatable bonds is 6. The minimum absolute atomic E-state index is 0.0695. The molecule has 0 spiro atoms. The van der Waals surface area contributed by atoms with Gasteiger partial charge in [-0.3, -0.25) is 9.59 Å². The summed E-state index contributed by atoms with van der Waals surface area (Å²) < 4.78 is 5.26. The number of carbonyl (C=O) groups is 2. The molecule has 0 heterocycles. The van der Waals surface area contributed by atoms with E-state index in [4.69, 9.17) is 9.84 Å². The highest BCUT2D eigenvalue weighted by atomic mass is 16.5. The molecule has 1 amide bonds. The molecule has 1 aliphatic rings. The number of carboxylic acid groups (broad SMARTS) is 1. The van der Waals surface area contributed by atoms with Crippen molar-refractivity contribution in [2.24, 2.45) is 0 Å². The van der Waals surface area contributed by atoms with E-state index < -0.39 is 11.4 Å². The number of hydrogen-bond donors (Lipinski definition) is 2. The second-order valence-corrected chi connectivity index (χ2v) is 5.99. The van der Waals surface area contributed by atoms with Crippen LogP contribution >= 0.6 is 0 Å². The average Bonchev–Trinajstić information content (AvgIpc) is 2.97. The van der Waals surface area contributed by atoms with Gasteiger partial charge in [0.05, 0.1) is 18.9 Å². The second kappa shape index (κ2) is 6.81. The number of aliphatic carboxylic acids is 1. The lowest BCUT2D eigenvalue weighted by atomic mass is 9.77. The van der Waals surface area contributed by atoms with E-state index in [2.05, 4.69) is 5.32 Å². The van der Waals surface area contributed by atoms with E-state index in [0.29, 0.717) is 0 Å². The number of amides is 1. The molecule has 0 aliphatic heterocycles. The molecule has 2 N–H and O–H groups in total. The molecule has 22 heavy (non-hydrogen) atoms. The third-order valence-electron chi connectivity index (χ3n) is 4.37. The Balaban J connectivity index is 2.24. The zero-order valence-electron chi connectivity index (χ0n) is 13.1. The molecule has 1 aliphatic carbocycles. The van der Waals surface area contributed by atoms with Gasteiger partial charge in [-0.05, 0) is 37.5 Å². The average molecular weight is 305 g/mol. The summed E-state index contributed by atoms with van der Waals surface area (Å²) in [4.78, 5) is 23.6. The molecule has 1 aromatic rings. The van der Waals surface area contributed by atoms with Crippen molar-refractivity contribution in [2.45, 2.75) is 50.5 Å². The summed E-state index contributed by atoms with van der Waals surface area (Å²) in [6.45, 7) is 1.72. The number of hydrogen-bond acceptors (Lipinski definition) is 3. The van der Waals surface area contributed by atoms with Crippen molar-refractivity contribution in [2.75, 3.05) is 7.11 Å². The molecule has 2 rings (SSSR count). The lowest BCUT2D eigenvalue weighted by molar-refractivity contribution is -0.137. The number of benzene rings is 1. The number of methoxy groups -OCH3 is 1. The fourth-order valence-corrected chi connectivity index (χ4v) is 3.22. The fourth-order valence-electron chi connectivity index (χ4n) is 3.22. The summed E-state index contributed by atoms with van der Waals surface area (Å²) in [6, 6.07) is 7.23. The van der Waals surface area contributed by atoms with Gasteiger partial charge in [-0.15, -0.1) is 0 Å². The number of nitrogens with one attached hydrogen (secondary N) is 1. The van der Waals surface area contributed by atoms with Crippen molar-refractivity contribution >= 4 is 11.9 Å². The van der Waals surface area contributed by atoms with Gasteiger partial charge in [0.15, 0.2) is 0 Å². The molecule has 0 radical (unpaired) electrons. The van der Waals surface area contributed by atoms with Gasteiger partial charge in [-0.1, -0.05) is 25.0 Å². The van der Waals surface area contributed by atoms with Gasteiger partial charge in [0.25, 0.3) is 0 Å². The van der Waals surface area contributed by atoms with E-state index in [-0.39, 0.29) is 18.4 Å². The largest absolute Gasteiger partial charge is 0.497 e. The quantitative estimate of drug-likeness (QED) is 0.846. The predicted octanol–water partition coefficient (Wildman–Crippen LogP) is 2.49. The maximum absolute atomic E-state index is 12.8. The van der Waals surface area contributed by atoms with Crippen LogP contribution in [0.5, 0.6) is 5.75 Å². The van der Waals surface area contributed by atoms with E-state index in [1.807, 2.05) is 24.3 Å². The van der Waals surface area contributed by atoms with E-state index in [9.17, 15) is 9.59 Å². The Morgan fingerprint density at radius 1 is 1.36 bits per heavy atom. The Morgan fingerprint density at radius 2 is 2.05 bits per heavy atom. The van der Waals surface area contributed by atoms with Gasteiger partial charge in [-0.2, -0.15) is 0 Å². The van der Waals surface area contributed by atoms with Crippen LogP contribution < -0.4 is 10.1 Å². The van der Waals surface area contributed by atoms with Crippen LogP contribution in [0.2, 0.25) is 0 Å². The molecule has 1 aromatic carbocycles. The molecule has 120 valence electrons. The van der Waals surface area contributed by atoms with Crippen molar-refractivity contribution in [3.05, 3.63) is 29.8 Å². The highest BCUT2D eigenvalue weighted by molar-refractivity contribution is 5.89. The van der Waals surface area contributed by atoms with Gasteiger partial charge in [-0.25, -0.2) is 0 Å². The molecule has 0 aromatic heterocycles. The molecule has 1 fully saturated rings. The lowest BCUT2D eigenvalue weighted by Crippen LogP contribution is -2.46. The number of carboxylic acids is 1. The molecular weight excluding hydrogens is 282 g/mol. The van der Waals surface area contributed by atoms with Crippen molar-refractivity contribution < 1.29 is 19.4 Å². The normalized spacial score (nSPS) is 17.7. The van der Waals surface area contributed by atoms with E-state index in [1.54, 1.807) is 14.0 Å². The van der Waals surface area contributed by atoms with Crippen molar-refractivity contribution in [1.29, 1.82) is 0 Å². The highest BCUT2D eigenvalue weighted by Gasteiger charge is 2.43. The Kier molecular flexibility index (Phi) is 5.06. The summed E-state index contributed by atoms with van der Waals surface area (Å²) >= 11 is 0. The topological polar surface area (TPSA) is 75.6 Å². The molecule has 0 bridgehead atoms. The van der Waals surface area contributed by atoms with Crippen molar-refractivity contribution in [3.63, 3.8) is 0 Å². The van der Waals surface area contributed by atoms with Gasteiger partial charge in [0.1, 0.15) is 5.75 Å². The minimum atomic E-state index is -0.908. The van der Waals surface area contributed by atoms with Gasteiger partial charge >= 0.3 is 5.97 Å². The van der Waals surface area contributed by atoms with E-state index in [0.717, 1.165) is 37.0 Å². The first kappa shape index (κ1) is 16.3. The third kappa shape index (κ3) is 3.40. The zero-order chi connectivity index (χ0) is 16.2. The maximum atomic E-state index is 12.8. The van der Waals surface area contributed by atoms with Crippen LogP contribution in [-0.2, 0) is 15.0 Å². The summed E-state index contributed by atoms with van der Waals surface area (Å²) in [5.74, 6) is -0.253. The monoisotopic (exact) mass is 305 g/mol. The maximum Gasteiger partial charge on any atom is 0.305 e. The third-order valence-corrected chi connectivity index (χ3v) is 4.37.